The van der Waals surface area contributed by atoms with Gasteiger partial charge in [0.25, 0.3) is 5.91 Å². The number of anilines is 1. The second-order valence-corrected chi connectivity index (χ2v) is 7.54. The Morgan fingerprint density at radius 1 is 1.16 bits per heavy atom. The highest BCUT2D eigenvalue weighted by molar-refractivity contribution is 7.80. The molecule has 2 N–H and O–H groups in total. The minimum absolute atomic E-state index is 0.241. The predicted molar refractivity (Wildman–Crippen MR) is 128 cm³/mol. The second-order valence-electron chi connectivity index (χ2n) is 7.15. The van der Waals surface area contributed by atoms with Crippen LogP contribution < -0.4 is 15.4 Å². The van der Waals surface area contributed by atoms with E-state index in [1.165, 1.54) is 0 Å². The summed E-state index contributed by atoms with van der Waals surface area (Å²) in [6.07, 6.45) is 0. The Bertz CT molecular complexity index is 1050. The molecule has 0 aromatic heterocycles. The van der Waals surface area contributed by atoms with E-state index in [-0.39, 0.29) is 18.5 Å². The lowest BCUT2D eigenvalue weighted by Gasteiger charge is -2.37. The van der Waals surface area contributed by atoms with E-state index in [0.717, 1.165) is 11.3 Å². The zero-order valence-electron chi connectivity index (χ0n) is 18.6. The molecule has 1 atom stereocenters. The van der Waals surface area contributed by atoms with E-state index < -0.39 is 6.04 Å². The number of ether oxygens (including phenoxy) is 2. The first-order valence-electron chi connectivity index (χ1n) is 10.4. The molecule has 2 aromatic rings. The molecule has 2 aromatic carbocycles. The first-order valence-corrected chi connectivity index (χ1v) is 10.8. The third-order valence-corrected chi connectivity index (χ3v) is 5.58. The number of allylic oxidation sites excluding steroid dienone is 1. The van der Waals surface area contributed by atoms with Crippen LogP contribution in [0.25, 0.3) is 0 Å². The molecule has 1 amide bonds. The van der Waals surface area contributed by atoms with Crippen LogP contribution in [-0.4, -0.2) is 42.2 Å². The summed E-state index contributed by atoms with van der Waals surface area (Å²) in [5.74, 6) is -0.00358. The Morgan fingerprint density at radius 3 is 2.50 bits per heavy atom. The van der Waals surface area contributed by atoms with Gasteiger partial charge in [-0.25, -0.2) is 4.79 Å². The van der Waals surface area contributed by atoms with Gasteiger partial charge < -0.3 is 25.0 Å². The number of methoxy groups -OCH3 is 1. The molecule has 32 heavy (non-hydrogen) atoms. The molecule has 8 heteroatoms. The van der Waals surface area contributed by atoms with E-state index >= 15 is 0 Å². The maximum Gasteiger partial charge on any atom is 0.338 e. The predicted octanol–water partition coefficient (Wildman–Crippen LogP) is 4.04. The van der Waals surface area contributed by atoms with Crippen LogP contribution in [0.2, 0.25) is 0 Å². The number of nitrogens with zero attached hydrogens (tertiary/aromatic N) is 1. The fraction of sp³-hybridized carbons (Fsp3) is 0.292. The maximum absolute atomic E-state index is 12.7. The van der Waals surface area contributed by atoms with Crippen LogP contribution in [0.5, 0.6) is 5.75 Å². The van der Waals surface area contributed by atoms with Crippen molar-refractivity contribution in [3.8, 4) is 5.75 Å². The van der Waals surface area contributed by atoms with Gasteiger partial charge in [-0.1, -0.05) is 18.2 Å². The fourth-order valence-corrected chi connectivity index (χ4v) is 4.00. The van der Waals surface area contributed by atoms with Crippen LogP contribution in [0, 0.1) is 0 Å². The highest BCUT2D eigenvalue weighted by atomic mass is 32.1. The highest BCUT2D eigenvalue weighted by Gasteiger charge is 2.34. The fourth-order valence-electron chi connectivity index (χ4n) is 3.61. The average molecular weight is 454 g/mol. The Hall–Kier alpha value is -3.39. The van der Waals surface area contributed by atoms with E-state index in [1.807, 2.05) is 30.9 Å². The Kier molecular flexibility index (Phi) is 7.48. The number of carbonyl (C=O) groups is 2. The summed E-state index contributed by atoms with van der Waals surface area (Å²) in [6.45, 7) is 6.55. The molecule has 7 nitrogen and oxygen atoms in total. The molecule has 0 spiro atoms. The first-order chi connectivity index (χ1) is 15.4. The van der Waals surface area contributed by atoms with Crippen LogP contribution in [0.3, 0.4) is 0 Å². The smallest absolute Gasteiger partial charge is 0.338 e. The highest BCUT2D eigenvalue weighted by Crippen LogP contribution is 2.32. The molecular weight excluding hydrogens is 426 g/mol. The van der Waals surface area contributed by atoms with Gasteiger partial charge in [-0.05, 0) is 68.9 Å². The van der Waals surface area contributed by atoms with Gasteiger partial charge >= 0.3 is 5.97 Å². The summed E-state index contributed by atoms with van der Waals surface area (Å²) >= 11 is 5.50. The van der Waals surface area contributed by atoms with Crippen LogP contribution in [-0.2, 0) is 9.53 Å². The molecule has 1 aliphatic heterocycles. The Labute approximate surface area is 193 Å². The Balaban J connectivity index is 1.84. The third kappa shape index (κ3) is 4.91. The van der Waals surface area contributed by atoms with Crippen LogP contribution in [0.1, 0.15) is 42.7 Å². The molecule has 0 bridgehead atoms. The SMILES string of the molecule is CCOC(=O)C1=C(C)N(CC)C(=S)NC1c1ccc(NC(=O)c2cccc(OC)c2)cc1. The minimum atomic E-state index is -0.438. The number of amides is 1. The van der Waals surface area contributed by atoms with Crippen molar-refractivity contribution in [2.75, 3.05) is 25.6 Å². The van der Waals surface area contributed by atoms with Crippen molar-refractivity contribution in [1.82, 2.24) is 10.2 Å². The molecule has 0 saturated heterocycles. The molecule has 0 fully saturated rings. The summed E-state index contributed by atoms with van der Waals surface area (Å²) in [5.41, 5.74) is 3.26. The average Bonchev–Trinajstić information content (AvgIpc) is 2.79. The lowest BCUT2D eigenvalue weighted by Crippen LogP contribution is -2.47. The maximum atomic E-state index is 12.7. The van der Waals surface area contributed by atoms with Crippen LogP contribution in [0.15, 0.2) is 59.8 Å². The van der Waals surface area contributed by atoms with Gasteiger partial charge in [0.1, 0.15) is 5.75 Å². The van der Waals surface area contributed by atoms with Crippen molar-refractivity contribution >= 4 is 34.9 Å². The zero-order valence-corrected chi connectivity index (χ0v) is 19.4. The Morgan fingerprint density at radius 2 is 1.88 bits per heavy atom. The molecule has 0 radical (unpaired) electrons. The number of hydrogen-bond donors (Lipinski definition) is 2. The van der Waals surface area contributed by atoms with Gasteiger partial charge in [-0.3, -0.25) is 4.79 Å². The van der Waals surface area contributed by atoms with Gasteiger partial charge in [-0.2, -0.15) is 0 Å². The molecule has 1 heterocycles. The lowest BCUT2D eigenvalue weighted by atomic mass is 9.95. The van der Waals surface area contributed by atoms with E-state index in [2.05, 4.69) is 10.6 Å². The van der Waals surface area contributed by atoms with Gasteiger partial charge in [0.15, 0.2) is 5.11 Å². The molecule has 1 aliphatic rings. The lowest BCUT2D eigenvalue weighted by molar-refractivity contribution is -0.139. The molecule has 0 aliphatic carbocycles. The second kappa shape index (κ2) is 10.3. The number of carbonyl (C=O) groups excluding carboxylic acids is 2. The zero-order chi connectivity index (χ0) is 23.3. The van der Waals surface area contributed by atoms with Crippen LogP contribution in [0.4, 0.5) is 5.69 Å². The van der Waals surface area contributed by atoms with Crippen LogP contribution >= 0.6 is 12.2 Å². The van der Waals surface area contributed by atoms with Gasteiger partial charge in [-0.15, -0.1) is 0 Å². The first kappa shape index (κ1) is 23.3. The normalized spacial score (nSPS) is 15.8. The van der Waals surface area contributed by atoms with Crippen molar-refractivity contribution in [2.45, 2.75) is 26.8 Å². The van der Waals surface area contributed by atoms with E-state index in [1.54, 1.807) is 50.4 Å². The summed E-state index contributed by atoms with van der Waals surface area (Å²) in [4.78, 5) is 27.2. The number of nitrogens with one attached hydrogen (secondary N) is 2. The van der Waals surface area contributed by atoms with E-state index in [9.17, 15) is 9.59 Å². The topological polar surface area (TPSA) is 79.9 Å². The monoisotopic (exact) mass is 453 g/mol. The number of thiocarbonyl (C=S) groups is 1. The molecule has 168 valence electrons. The third-order valence-electron chi connectivity index (χ3n) is 5.24. The molecule has 3 rings (SSSR count). The van der Waals surface area contributed by atoms with Gasteiger partial charge in [0, 0.05) is 23.5 Å². The van der Waals surface area contributed by atoms with Crippen molar-refractivity contribution in [1.29, 1.82) is 0 Å². The standard InChI is InChI=1S/C24H27N3O4S/c1-5-27-15(3)20(23(29)31-6-2)21(26-24(27)32)16-10-12-18(13-11-16)25-22(28)17-8-7-9-19(14-17)30-4/h7-14,21H,5-6H2,1-4H3,(H,25,28)(H,26,32). The molecule has 1 unspecified atom stereocenters. The number of rotatable bonds is 7. The largest absolute Gasteiger partial charge is 0.497 e. The number of esters is 1. The van der Waals surface area contributed by atoms with Crippen molar-refractivity contribution < 1.29 is 19.1 Å². The summed E-state index contributed by atoms with van der Waals surface area (Å²) in [7, 11) is 1.56. The quantitative estimate of drug-likeness (QED) is 0.484. The summed E-state index contributed by atoms with van der Waals surface area (Å²) in [5, 5.41) is 6.68. The van der Waals surface area contributed by atoms with Crippen molar-refractivity contribution in [2.24, 2.45) is 0 Å². The van der Waals surface area contributed by atoms with Crippen molar-refractivity contribution in [3.63, 3.8) is 0 Å². The molecule has 0 saturated carbocycles. The number of benzene rings is 2. The molecular formula is C24H27N3O4S. The van der Waals surface area contributed by atoms with Gasteiger partial charge in [0.05, 0.1) is 25.3 Å². The van der Waals surface area contributed by atoms with E-state index in [4.69, 9.17) is 21.7 Å². The minimum Gasteiger partial charge on any atom is -0.497 e. The summed E-state index contributed by atoms with van der Waals surface area (Å²) in [6, 6.07) is 13.8. The number of hydrogen-bond acceptors (Lipinski definition) is 5. The summed E-state index contributed by atoms with van der Waals surface area (Å²) < 4.78 is 10.5. The van der Waals surface area contributed by atoms with Crippen molar-refractivity contribution in [3.05, 3.63) is 70.9 Å². The van der Waals surface area contributed by atoms with E-state index in [0.29, 0.717) is 34.2 Å². The van der Waals surface area contributed by atoms with Gasteiger partial charge in [0.2, 0.25) is 0 Å².